The number of carbonyl (C=O) groups excluding carboxylic acids is 1. The Morgan fingerprint density at radius 3 is 2.33 bits per heavy atom. The molecule has 0 unspecified atom stereocenters. The Kier molecular flexibility index (Phi) is 6.44. The first-order chi connectivity index (χ1) is 7.06. The molecule has 0 aromatic rings. The Hall–Kier alpha value is -1.30. The fourth-order valence-electron chi connectivity index (χ4n) is 1.10. The third-order valence-electron chi connectivity index (χ3n) is 1.94. The third-order valence-corrected chi connectivity index (χ3v) is 1.94. The highest BCUT2D eigenvalue weighted by Gasteiger charge is 2.21. The van der Waals surface area contributed by atoms with Gasteiger partial charge < -0.3 is 20.4 Å². The van der Waals surface area contributed by atoms with Gasteiger partial charge in [-0.25, -0.2) is 9.59 Å². The molecule has 6 nitrogen and oxygen atoms in total. The molecule has 1 atom stereocenters. The summed E-state index contributed by atoms with van der Waals surface area (Å²) in [4.78, 5) is 23.5. The number of rotatable bonds is 6. The number of nitrogens with zero attached hydrogens (tertiary/aromatic N) is 1. The van der Waals surface area contributed by atoms with Gasteiger partial charge in [-0.1, -0.05) is 6.92 Å². The normalized spacial score (nSPS) is 11.9. The number of aliphatic hydroxyl groups excluding tert-OH is 1. The maximum Gasteiger partial charge on any atom is 0.328 e. The fourth-order valence-corrected chi connectivity index (χ4v) is 1.10. The molecular weight excluding hydrogens is 200 g/mol. The van der Waals surface area contributed by atoms with Crippen molar-refractivity contribution in [3.63, 3.8) is 0 Å². The van der Waals surface area contributed by atoms with Crippen LogP contribution in [0.3, 0.4) is 0 Å². The van der Waals surface area contributed by atoms with Gasteiger partial charge in [0.2, 0.25) is 0 Å². The zero-order chi connectivity index (χ0) is 11.8. The number of urea groups is 1. The lowest BCUT2D eigenvalue weighted by molar-refractivity contribution is -0.140. The number of carbonyl (C=O) groups is 2. The van der Waals surface area contributed by atoms with Crippen LogP contribution in [0.25, 0.3) is 0 Å². The molecule has 0 aromatic carbocycles. The summed E-state index contributed by atoms with van der Waals surface area (Å²) in [6.45, 7) is 4.21. The van der Waals surface area contributed by atoms with Crippen LogP contribution in [0.1, 0.15) is 20.3 Å². The molecule has 0 bridgehead atoms. The Bertz CT molecular complexity index is 220. The van der Waals surface area contributed by atoms with E-state index in [0.717, 1.165) is 6.42 Å². The van der Waals surface area contributed by atoms with Gasteiger partial charge in [-0.3, -0.25) is 0 Å². The van der Waals surface area contributed by atoms with E-state index in [1.54, 1.807) is 0 Å². The highest BCUT2D eigenvalue weighted by molar-refractivity contribution is 5.82. The molecule has 15 heavy (non-hydrogen) atoms. The van der Waals surface area contributed by atoms with Gasteiger partial charge in [0, 0.05) is 13.1 Å². The topological polar surface area (TPSA) is 89.9 Å². The average molecular weight is 218 g/mol. The fraction of sp³-hybridized carbons (Fsp3) is 0.778. The van der Waals surface area contributed by atoms with Crippen molar-refractivity contribution in [3.05, 3.63) is 0 Å². The minimum Gasteiger partial charge on any atom is -0.480 e. The smallest absolute Gasteiger partial charge is 0.328 e. The summed E-state index contributed by atoms with van der Waals surface area (Å²) >= 11 is 0. The van der Waals surface area contributed by atoms with Gasteiger partial charge in [-0.15, -0.1) is 0 Å². The lowest BCUT2D eigenvalue weighted by Gasteiger charge is -2.22. The molecule has 0 saturated carbocycles. The van der Waals surface area contributed by atoms with Crippen LogP contribution in [0, 0.1) is 0 Å². The first kappa shape index (κ1) is 13.7. The maximum absolute atomic E-state index is 11.5. The van der Waals surface area contributed by atoms with Gasteiger partial charge >= 0.3 is 12.0 Å². The van der Waals surface area contributed by atoms with E-state index in [4.69, 9.17) is 10.2 Å². The molecule has 2 amide bonds. The van der Waals surface area contributed by atoms with Crippen LogP contribution >= 0.6 is 0 Å². The summed E-state index contributed by atoms with van der Waals surface area (Å²) < 4.78 is 0. The van der Waals surface area contributed by atoms with Gasteiger partial charge in [0.25, 0.3) is 0 Å². The van der Waals surface area contributed by atoms with Crippen LogP contribution in [-0.4, -0.2) is 52.9 Å². The number of hydrogen-bond acceptors (Lipinski definition) is 3. The SMILES string of the molecule is CCCN(CC)C(=O)N[C@@H](CO)C(=O)O. The maximum atomic E-state index is 11.5. The quantitative estimate of drug-likeness (QED) is 0.579. The molecule has 6 heteroatoms. The Balaban J connectivity index is 4.24. The Morgan fingerprint density at radius 1 is 1.40 bits per heavy atom. The molecule has 0 aliphatic rings. The number of aliphatic hydroxyl groups is 1. The molecule has 0 aliphatic carbocycles. The van der Waals surface area contributed by atoms with E-state index >= 15 is 0 Å². The highest BCUT2D eigenvalue weighted by Crippen LogP contribution is 1.93. The van der Waals surface area contributed by atoms with Crippen molar-refractivity contribution in [2.45, 2.75) is 26.3 Å². The molecule has 0 radical (unpaired) electrons. The zero-order valence-electron chi connectivity index (χ0n) is 9.06. The van der Waals surface area contributed by atoms with Crippen molar-refractivity contribution in [1.29, 1.82) is 0 Å². The van der Waals surface area contributed by atoms with E-state index in [-0.39, 0.29) is 0 Å². The molecule has 0 aromatic heterocycles. The molecular formula is C9H18N2O4. The second-order valence-electron chi connectivity index (χ2n) is 3.10. The van der Waals surface area contributed by atoms with Crippen LogP contribution in [-0.2, 0) is 4.79 Å². The lowest BCUT2D eigenvalue weighted by Crippen LogP contribution is -2.49. The van der Waals surface area contributed by atoms with E-state index in [1.807, 2.05) is 13.8 Å². The first-order valence-electron chi connectivity index (χ1n) is 4.95. The van der Waals surface area contributed by atoms with E-state index < -0.39 is 24.6 Å². The van der Waals surface area contributed by atoms with Crippen LogP contribution in [0.4, 0.5) is 4.79 Å². The first-order valence-corrected chi connectivity index (χ1v) is 4.95. The lowest BCUT2D eigenvalue weighted by atomic mass is 10.3. The van der Waals surface area contributed by atoms with Crippen LogP contribution in [0.2, 0.25) is 0 Å². The summed E-state index contributed by atoms with van der Waals surface area (Å²) in [7, 11) is 0. The Morgan fingerprint density at radius 2 is 2.00 bits per heavy atom. The highest BCUT2D eigenvalue weighted by atomic mass is 16.4. The summed E-state index contributed by atoms with van der Waals surface area (Å²) in [6, 6.07) is -1.69. The van der Waals surface area contributed by atoms with E-state index in [9.17, 15) is 9.59 Å². The van der Waals surface area contributed by atoms with Crippen molar-refractivity contribution >= 4 is 12.0 Å². The number of carboxylic acids is 1. The molecule has 0 saturated heterocycles. The molecule has 0 aliphatic heterocycles. The van der Waals surface area contributed by atoms with Crippen molar-refractivity contribution in [1.82, 2.24) is 10.2 Å². The standard InChI is InChI=1S/C9H18N2O4/c1-3-5-11(4-2)9(15)10-7(6-12)8(13)14/h7,12H,3-6H2,1-2H3,(H,10,15)(H,13,14)/t7-/m0/s1. The van der Waals surface area contributed by atoms with Crippen LogP contribution in [0.5, 0.6) is 0 Å². The van der Waals surface area contributed by atoms with Crippen molar-refractivity contribution in [2.24, 2.45) is 0 Å². The summed E-state index contributed by atoms with van der Waals surface area (Å²) in [5, 5.41) is 19.6. The number of nitrogens with one attached hydrogen (secondary N) is 1. The summed E-state index contributed by atoms with van der Waals surface area (Å²) in [5.74, 6) is -1.24. The largest absolute Gasteiger partial charge is 0.480 e. The Labute approximate surface area is 88.9 Å². The molecule has 3 N–H and O–H groups in total. The van der Waals surface area contributed by atoms with Gasteiger partial charge in [0.05, 0.1) is 6.61 Å². The molecule has 88 valence electrons. The minimum atomic E-state index is -1.24. The zero-order valence-corrected chi connectivity index (χ0v) is 9.06. The molecule has 0 spiro atoms. The van der Waals surface area contributed by atoms with Crippen molar-refractivity contribution in [3.8, 4) is 0 Å². The third kappa shape index (κ3) is 4.64. The van der Waals surface area contributed by atoms with Crippen molar-refractivity contribution < 1.29 is 19.8 Å². The van der Waals surface area contributed by atoms with Crippen LogP contribution < -0.4 is 5.32 Å². The van der Waals surface area contributed by atoms with E-state index in [2.05, 4.69) is 5.32 Å². The minimum absolute atomic E-state index is 0.458. The molecule has 0 rings (SSSR count). The predicted octanol–water partition coefficient (Wildman–Crippen LogP) is -0.127. The van der Waals surface area contributed by atoms with Gasteiger partial charge in [0.15, 0.2) is 6.04 Å². The predicted molar refractivity (Wildman–Crippen MR) is 54.6 cm³/mol. The molecule has 0 heterocycles. The second-order valence-corrected chi connectivity index (χ2v) is 3.10. The molecule has 0 fully saturated rings. The van der Waals surface area contributed by atoms with E-state index in [1.165, 1.54) is 4.90 Å². The van der Waals surface area contributed by atoms with Crippen LogP contribution in [0.15, 0.2) is 0 Å². The van der Waals surface area contributed by atoms with E-state index in [0.29, 0.717) is 13.1 Å². The summed E-state index contributed by atoms with van der Waals surface area (Å²) in [5.41, 5.74) is 0. The number of carboxylic acid groups (broad SMARTS) is 1. The number of amides is 2. The number of hydrogen-bond donors (Lipinski definition) is 3. The van der Waals surface area contributed by atoms with Gasteiger partial charge in [-0.05, 0) is 13.3 Å². The van der Waals surface area contributed by atoms with Crippen molar-refractivity contribution in [2.75, 3.05) is 19.7 Å². The monoisotopic (exact) mass is 218 g/mol. The van der Waals surface area contributed by atoms with Gasteiger partial charge in [0.1, 0.15) is 0 Å². The second kappa shape index (κ2) is 7.05. The van der Waals surface area contributed by atoms with Gasteiger partial charge in [-0.2, -0.15) is 0 Å². The summed E-state index contributed by atoms with van der Waals surface area (Å²) in [6.07, 6.45) is 0.804. The number of aliphatic carboxylic acids is 1. The average Bonchev–Trinajstić information content (AvgIpc) is 2.21.